The fraction of sp³-hybridized carbons (Fsp3) is 0.400. The fourth-order valence-electron chi connectivity index (χ4n) is 1.92. The fourth-order valence-corrected chi connectivity index (χ4v) is 1.92. The standard InChI is InChI=1S/C15H19N3O2/c1-4-15(2,3)10-17-12-7-8-13(18(19)20)14-11(12)6-5-9-16-14/h5-9,17H,4,10H2,1-3H3. The van der Waals surface area contributed by atoms with E-state index in [4.69, 9.17) is 0 Å². The average Bonchev–Trinajstić information content (AvgIpc) is 2.44. The van der Waals surface area contributed by atoms with Gasteiger partial charge in [0.15, 0.2) is 0 Å². The maximum atomic E-state index is 11.0. The normalized spacial score (nSPS) is 11.6. The lowest BCUT2D eigenvalue weighted by molar-refractivity contribution is -0.383. The average molecular weight is 273 g/mol. The molecule has 0 bridgehead atoms. The van der Waals surface area contributed by atoms with Crippen molar-refractivity contribution in [2.24, 2.45) is 5.41 Å². The molecule has 2 rings (SSSR count). The number of nitrogens with one attached hydrogen (secondary N) is 1. The molecule has 0 aliphatic carbocycles. The van der Waals surface area contributed by atoms with E-state index in [-0.39, 0.29) is 11.1 Å². The minimum atomic E-state index is -0.394. The van der Waals surface area contributed by atoms with Crippen molar-refractivity contribution >= 4 is 22.3 Å². The summed E-state index contributed by atoms with van der Waals surface area (Å²) in [6.07, 6.45) is 2.64. The number of anilines is 1. The zero-order valence-electron chi connectivity index (χ0n) is 12.0. The first-order valence-electron chi connectivity index (χ1n) is 6.70. The van der Waals surface area contributed by atoms with Crippen molar-refractivity contribution in [3.05, 3.63) is 40.6 Å². The molecule has 1 heterocycles. The van der Waals surface area contributed by atoms with E-state index in [0.29, 0.717) is 5.52 Å². The van der Waals surface area contributed by atoms with Crippen LogP contribution in [0.25, 0.3) is 10.9 Å². The maximum absolute atomic E-state index is 11.0. The SMILES string of the molecule is CCC(C)(C)CNc1ccc([N+](=O)[O-])c2ncccc12. The van der Waals surface area contributed by atoms with Crippen molar-refractivity contribution in [2.75, 3.05) is 11.9 Å². The number of benzene rings is 1. The molecule has 5 nitrogen and oxygen atoms in total. The molecule has 0 aliphatic heterocycles. The van der Waals surface area contributed by atoms with Gasteiger partial charge < -0.3 is 5.32 Å². The van der Waals surface area contributed by atoms with Crippen LogP contribution in [0.3, 0.4) is 0 Å². The second-order valence-corrected chi connectivity index (χ2v) is 5.66. The Hall–Kier alpha value is -2.17. The van der Waals surface area contributed by atoms with Crippen LogP contribution in [0.15, 0.2) is 30.5 Å². The topological polar surface area (TPSA) is 68.1 Å². The van der Waals surface area contributed by atoms with Gasteiger partial charge in [-0.1, -0.05) is 20.8 Å². The molecule has 1 N–H and O–H groups in total. The molecule has 0 saturated heterocycles. The van der Waals surface area contributed by atoms with E-state index in [1.165, 1.54) is 6.07 Å². The molecule has 0 radical (unpaired) electrons. The monoisotopic (exact) mass is 273 g/mol. The van der Waals surface area contributed by atoms with Gasteiger partial charge in [-0.2, -0.15) is 0 Å². The molecular weight excluding hydrogens is 254 g/mol. The smallest absolute Gasteiger partial charge is 0.295 e. The number of pyridine rings is 1. The van der Waals surface area contributed by atoms with Gasteiger partial charge in [0.2, 0.25) is 0 Å². The van der Waals surface area contributed by atoms with Gasteiger partial charge >= 0.3 is 0 Å². The number of fused-ring (bicyclic) bond motifs is 1. The molecule has 1 aromatic heterocycles. The van der Waals surface area contributed by atoms with Crippen molar-refractivity contribution in [3.63, 3.8) is 0 Å². The van der Waals surface area contributed by atoms with Gasteiger partial charge in [-0.05, 0) is 30.0 Å². The Morgan fingerprint density at radius 2 is 2.10 bits per heavy atom. The summed E-state index contributed by atoms with van der Waals surface area (Å²) in [5.41, 5.74) is 1.54. The van der Waals surface area contributed by atoms with Crippen LogP contribution in [0.2, 0.25) is 0 Å². The highest BCUT2D eigenvalue weighted by Crippen LogP contribution is 2.30. The first kappa shape index (κ1) is 14.2. The Morgan fingerprint density at radius 1 is 1.35 bits per heavy atom. The molecule has 2 aromatic rings. The van der Waals surface area contributed by atoms with Crippen LogP contribution >= 0.6 is 0 Å². The quantitative estimate of drug-likeness (QED) is 0.660. The largest absolute Gasteiger partial charge is 0.384 e. The zero-order chi connectivity index (χ0) is 14.8. The Balaban J connectivity index is 2.41. The third-order valence-corrected chi connectivity index (χ3v) is 3.66. The summed E-state index contributed by atoms with van der Waals surface area (Å²) < 4.78 is 0. The molecule has 0 aliphatic rings. The summed E-state index contributed by atoms with van der Waals surface area (Å²) in [4.78, 5) is 14.8. The van der Waals surface area contributed by atoms with E-state index >= 15 is 0 Å². The van der Waals surface area contributed by atoms with Crippen LogP contribution < -0.4 is 5.32 Å². The van der Waals surface area contributed by atoms with Gasteiger partial charge in [-0.25, -0.2) is 4.98 Å². The Morgan fingerprint density at radius 3 is 2.75 bits per heavy atom. The van der Waals surface area contributed by atoms with E-state index in [0.717, 1.165) is 24.0 Å². The number of hydrogen-bond acceptors (Lipinski definition) is 4. The number of hydrogen-bond donors (Lipinski definition) is 1. The summed E-state index contributed by atoms with van der Waals surface area (Å²) in [6, 6.07) is 6.92. The van der Waals surface area contributed by atoms with Gasteiger partial charge in [0.25, 0.3) is 5.69 Å². The molecule has 0 fully saturated rings. The highest BCUT2D eigenvalue weighted by atomic mass is 16.6. The highest BCUT2D eigenvalue weighted by Gasteiger charge is 2.18. The van der Waals surface area contributed by atoms with Crippen LogP contribution in [0.5, 0.6) is 0 Å². The summed E-state index contributed by atoms with van der Waals surface area (Å²) in [5.74, 6) is 0. The van der Waals surface area contributed by atoms with Crippen molar-refractivity contribution < 1.29 is 4.92 Å². The van der Waals surface area contributed by atoms with Crippen molar-refractivity contribution in [1.82, 2.24) is 4.98 Å². The first-order chi connectivity index (χ1) is 9.44. The molecule has 0 atom stereocenters. The third-order valence-electron chi connectivity index (χ3n) is 3.66. The zero-order valence-corrected chi connectivity index (χ0v) is 12.0. The van der Waals surface area contributed by atoms with Crippen LogP contribution in [0.1, 0.15) is 27.2 Å². The van der Waals surface area contributed by atoms with Crippen LogP contribution in [0, 0.1) is 15.5 Å². The van der Waals surface area contributed by atoms with Gasteiger partial charge in [-0.15, -0.1) is 0 Å². The highest BCUT2D eigenvalue weighted by molar-refractivity contribution is 5.96. The summed E-state index contributed by atoms with van der Waals surface area (Å²) >= 11 is 0. The Labute approximate surface area is 118 Å². The lowest BCUT2D eigenvalue weighted by Gasteiger charge is -2.24. The summed E-state index contributed by atoms with van der Waals surface area (Å²) in [7, 11) is 0. The predicted octanol–water partition coefficient (Wildman–Crippen LogP) is 3.99. The van der Waals surface area contributed by atoms with Crippen molar-refractivity contribution in [2.45, 2.75) is 27.2 Å². The summed E-state index contributed by atoms with van der Waals surface area (Å²) in [6.45, 7) is 7.33. The van der Waals surface area contributed by atoms with E-state index < -0.39 is 4.92 Å². The molecule has 1 aromatic carbocycles. The van der Waals surface area contributed by atoms with Crippen LogP contribution in [-0.4, -0.2) is 16.5 Å². The van der Waals surface area contributed by atoms with Crippen molar-refractivity contribution in [1.29, 1.82) is 0 Å². The summed E-state index contributed by atoms with van der Waals surface area (Å²) in [5, 5.41) is 15.2. The van der Waals surface area contributed by atoms with Crippen LogP contribution in [-0.2, 0) is 0 Å². The van der Waals surface area contributed by atoms with Gasteiger partial charge in [0.1, 0.15) is 5.52 Å². The molecular formula is C15H19N3O2. The predicted molar refractivity (Wildman–Crippen MR) is 81.0 cm³/mol. The second kappa shape index (κ2) is 5.45. The van der Waals surface area contributed by atoms with Gasteiger partial charge in [-0.3, -0.25) is 10.1 Å². The molecule has 0 saturated carbocycles. The molecule has 0 amide bonds. The lowest BCUT2D eigenvalue weighted by atomic mass is 9.90. The Kier molecular flexibility index (Phi) is 3.88. The lowest BCUT2D eigenvalue weighted by Crippen LogP contribution is -2.22. The van der Waals surface area contributed by atoms with Gasteiger partial charge in [0, 0.05) is 29.9 Å². The number of non-ortho nitro benzene ring substituents is 1. The number of nitro groups is 1. The molecule has 5 heteroatoms. The van der Waals surface area contributed by atoms with Crippen molar-refractivity contribution in [3.8, 4) is 0 Å². The van der Waals surface area contributed by atoms with E-state index in [9.17, 15) is 10.1 Å². The maximum Gasteiger partial charge on any atom is 0.295 e. The van der Waals surface area contributed by atoms with E-state index in [2.05, 4.69) is 31.1 Å². The molecule has 0 spiro atoms. The van der Waals surface area contributed by atoms with E-state index in [1.807, 2.05) is 6.07 Å². The second-order valence-electron chi connectivity index (χ2n) is 5.66. The Bertz CT molecular complexity index is 638. The van der Waals surface area contributed by atoms with E-state index in [1.54, 1.807) is 18.3 Å². The minimum absolute atomic E-state index is 0.0425. The van der Waals surface area contributed by atoms with Crippen LogP contribution in [0.4, 0.5) is 11.4 Å². The molecule has 20 heavy (non-hydrogen) atoms. The first-order valence-corrected chi connectivity index (χ1v) is 6.70. The molecule has 106 valence electrons. The number of aromatic nitrogens is 1. The minimum Gasteiger partial charge on any atom is -0.384 e. The number of nitro benzene ring substituents is 1. The number of rotatable bonds is 5. The number of nitrogens with zero attached hydrogens (tertiary/aromatic N) is 2. The third kappa shape index (κ3) is 2.87. The molecule has 0 unspecified atom stereocenters. The van der Waals surface area contributed by atoms with Gasteiger partial charge in [0.05, 0.1) is 4.92 Å².